The maximum atomic E-state index is 8.96. The Hall–Kier alpha value is -0.600. The summed E-state index contributed by atoms with van der Waals surface area (Å²) in [7, 11) is 0. The highest BCUT2D eigenvalue weighted by atomic mass is 16.3. The van der Waals surface area contributed by atoms with Crippen LogP contribution >= 0.6 is 0 Å². The number of hydrogen-bond donors (Lipinski definition) is 2. The zero-order valence-corrected chi connectivity index (χ0v) is 7.88. The zero-order valence-electron chi connectivity index (χ0n) is 7.88. The lowest BCUT2D eigenvalue weighted by Crippen LogP contribution is -2.07. The Morgan fingerprint density at radius 1 is 1.42 bits per heavy atom. The van der Waals surface area contributed by atoms with Crippen molar-refractivity contribution in [2.75, 3.05) is 13.2 Å². The third-order valence-electron chi connectivity index (χ3n) is 1.93. The normalized spacial score (nSPS) is 14.5. The first-order chi connectivity index (χ1) is 5.61. The summed E-state index contributed by atoms with van der Waals surface area (Å²) in [5.41, 5.74) is 2.09. The van der Waals surface area contributed by atoms with Crippen molar-refractivity contribution in [3.63, 3.8) is 0 Å². The second-order valence-electron chi connectivity index (χ2n) is 3.16. The van der Waals surface area contributed by atoms with Gasteiger partial charge in [0, 0.05) is 12.5 Å². The van der Waals surface area contributed by atoms with Crippen LogP contribution in [0.2, 0.25) is 0 Å². The molecule has 2 nitrogen and oxygen atoms in total. The number of aliphatic hydroxyl groups excluding tert-OH is 2. The third-order valence-corrected chi connectivity index (χ3v) is 1.93. The molecule has 0 aromatic carbocycles. The Balaban J connectivity index is 4.02. The summed E-state index contributed by atoms with van der Waals surface area (Å²) in [6.45, 7) is 7.85. The minimum Gasteiger partial charge on any atom is -0.396 e. The minimum absolute atomic E-state index is 0.0696. The molecule has 0 fully saturated rings. The summed E-state index contributed by atoms with van der Waals surface area (Å²) in [6.07, 6.45) is 2.54. The molecule has 0 aromatic heterocycles. The van der Waals surface area contributed by atoms with E-state index in [0.29, 0.717) is 0 Å². The fourth-order valence-electron chi connectivity index (χ4n) is 1.02. The first-order valence-corrected chi connectivity index (χ1v) is 4.14. The molecular formula is C10H18O2. The fourth-order valence-corrected chi connectivity index (χ4v) is 1.02. The number of rotatable bonds is 5. The van der Waals surface area contributed by atoms with E-state index in [-0.39, 0.29) is 19.1 Å². The van der Waals surface area contributed by atoms with Gasteiger partial charge in [0.1, 0.15) is 0 Å². The van der Waals surface area contributed by atoms with Gasteiger partial charge >= 0.3 is 0 Å². The van der Waals surface area contributed by atoms with Gasteiger partial charge in [-0.1, -0.05) is 23.8 Å². The second kappa shape index (κ2) is 5.98. The summed E-state index contributed by atoms with van der Waals surface area (Å²) < 4.78 is 0. The molecule has 0 radical (unpaired) electrons. The molecule has 0 rings (SSSR count). The van der Waals surface area contributed by atoms with Crippen LogP contribution in [0.1, 0.15) is 20.3 Å². The highest BCUT2D eigenvalue weighted by molar-refractivity contribution is 5.06. The summed E-state index contributed by atoms with van der Waals surface area (Å²) >= 11 is 0. The molecule has 1 unspecified atom stereocenters. The van der Waals surface area contributed by atoms with Crippen LogP contribution < -0.4 is 0 Å². The molecule has 70 valence electrons. The molecule has 2 N–H and O–H groups in total. The molecule has 0 bridgehead atoms. The van der Waals surface area contributed by atoms with Crippen molar-refractivity contribution in [1.82, 2.24) is 0 Å². The van der Waals surface area contributed by atoms with Crippen LogP contribution in [-0.4, -0.2) is 23.4 Å². The van der Waals surface area contributed by atoms with Gasteiger partial charge in [-0.3, -0.25) is 0 Å². The Morgan fingerprint density at radius 2 is 2.00 bits per heavy atom. The molecule has 0 saturated carbocycles. The van der Waals surface area contributed by atoms with E-state index in [1.54, 1.807) is 6.08 Å². The molecule has 2 heteroatoms. The van der Waals surface area contributed by atoms with Gasteiger partial charge in [-0.25, -0.2) is 0 Å². The van der Waals surface area contributed by atoms with E-state index in [0.717, 1.165) is 17.6 Å². The zero-order chi connectivity index (χ0) is 9.56. The minimum atomic E-state index is 0.0696. The molecule has 0 aliphatic rings. The predicted molar refractivity (Wildman–Crippen MR) is 50.8 cm³/mol. The van der Waals surface area contributed by atoms with E-state index in [2.05, 4.69) is 6.58 Å². The molecule has 0 amide bonds. The van der Waals surface area contributed by atoms with E-state index >= 15 is 0 Å². The van der Waals surface area contributed by atoms with Gasteiger partial charge in [-0.05, 0) is 20.3 Å². The molecule has 0 aromatic rings. The first-order valence-electron chi connectivity index (χ1n) is 4.14. The van der Waals surface area contributed by atoms with Crippen LogP contribution in [0.5, 0.6) is 0 Å². The van der Waals surface area contributed by atoms with Crippen LogP contribution in [0, 0.1) is 5.92 Å². The standard InChI is InChI=1S/C10H18O2/c1-8(2)10(7-12)6-9(3)4-5-11/h4,10-12H,1,5-7H2,2-3H3. The molecule has 12 heavy (non-hydrogen) atoms. The summed E-state index contributed by atoms with van der Waals surface area (Å²) in [4.78, 5) is 0. The van der Waals surface area contributed by atoms with Crippen molar-refractivity contribution < 1.29 is 10.2 Å². The largest absolute Gasteiger partial charge is 0.396 e. The highest BCUT2D eigenvalue weighted by Crippen LogP contribution is 2.17. The predicted octanol–water partition coefficient (Wildman–Crippen LogP) is 1.50. The molecule has 0 heterocycles. The molecule has 0 aliphatic carbocycles. The molecule has 0 saturated heterocycles. The van der Waals surface area contributed by atoms with Gasteiger partial charge in [0.15, 0.2) is 0 Å². The van der Waals surface area contributed by atoms with Gasteiger partial charge in [0.2, 0.25) is 0 Å². The average molecular weight is 170 g/mol. The lowest BCUT2D eigenvalue weighted by molar-refractivity contribution is 0.245. The number of aliphatic hydroxyl groups is 2. The van der Waals surface area contributed by atoms with Crippen molar-refractivity contribution in [3.8, 4) is 0 Å². The van der Waals surface area contributed by atoms with Crippen molar-refractivity contribution in [2.45, 2.75) is 20.3 Å². The van der Waals surface area contributed by atoms with Crippen LogP contribution in [0.3, 0.4) is 0 Å². The van der Waals surface area contributed by atoms with Crippen LogP contribution in [-0.2, 0) is 0 Å². The fraction of sp³-hybridized carbons (Fsp3) is 0.600. The number of hydrogen-bond acceptors (Lipinski definition) is 2. The Labute approximate surface area is 74.2 Å². The van der Waals surface area contributed by atoms with Crippen LogP contribution in [0.15, 0.2) is 23.8 Å². The SMILES string of the molecule is C=C(C)C(CO)CC(C)=CCO. The highest BCUT2D eigenvalue weighted by Gasteiger charge is 2.07. The monoisotopic (exact) mass is 170 g/mol. The second-order valence-corrected chi connectivity index (χ2v) is 3.16. The first kappa shape index (κ1) is 11.4. The summed E-state index contributed by atoms with van der Waals surface area (Å²) in [5.74, 6) is 0.132. The Bertz CT molecular complexity index is 171. The maximum Gasteiger partial charge on any atom is 0.0614 e. The third kappa shape index (κ3) is 4.31. The summed E-state index contributed by atoms with van der Waals surface area (Å²) in [6, 6.07) is 0. The van der Waals surface area contributed by atoms with Gasteiger partial charge in [0.05, 0.1) is 6.61 Å². The van der Waals surface area contributed by atoms with E-state index in [1.807, 2.05) is 13.8 Å². The average Bonchev–Trinajstić information content (AvgIpc) is 2.00. The topological polar surface area (TPSA) is 40.5 Å². The van der Waals surface area contributed by atoms with E-state index in [4.69, 9.17) is 10.2 Å². The van der Waals surface area contributed by atoms with Crippen molar-refractivity contribution in [3.05, 3.63) is 23.8 Å². The lowest BCUT2D eigenvalue weighted by Gasteiger charge is -2.13. The quantitative estimate of drug-likeness (QED) is 0.614. The van der Waals surface area contributed by atoms with E-state index in [9.17, 15) is 0 Å². The smallest absolute Gasteiger partial charge is 0.0614 e. The van der Waals surface area contributed by atoms with Crippen molar-refractivity contribution in [1.29, 1.82) is 0 Å². The van der Waals surface area contributed by atoms with Gasteiger partial charge < -0.3 is 10.2 Å². The lowest BCUT2D eigenvalue weighted by atomic mass is 9.95. The maximum absolute atomic E-state index is 8.96. The van der Waals surface area contributed by atoms with Gasteiger partial charge in [-0.15, -0.1) is 0 Å². The molecule has 0 spiro atoms. The van der Waals surface area contributed by atoms with Crippen molar-refractivity contribution >= 4 is 0 Å². The van der Waals surface area contributed by atoms with E-state index < -0.39 is 0 Å². The molecular weight excluding hydrogens is 152 g/mol. The Kier molecular flexibility index (Phi) is 5.68. The molecule has 1 atom stereocenters. The van der Waals surface area contributed by atoms with Gasteiger partial charge in [0.25, 0.3) is 0 Å². The molecule has 0 aliphatic heterocycles. The van der Waals surface area contributed by atoms with Crippen LogP contribution in [0.25, 0.3) is 0 Å². The van der Waals surface area contributed by atoms with Gasteiger partial charge in [-0.2, -0.15) is 0 Å². The summed E-state index contributed by atoms with van der Waals surface area (Å²) in [5, 5.41) is 17.6. The van der Waals surface area contributed by atoms with E-state index in [1.165, 1.54) is 0 Å². The Morgan fingerprint density at radius 3 is 2.33 bits per heavy atom. The number of allylic oxidation sites excluding steroid dienone is 1. The van der Waals surface area contributed by atoms with Crippen LogP contribution in [0.4, 0.5) is 0 Å². The van der Waals surface area contributed by atoms with Crippen molar-refractivity contribution in [2.24, 2.45) is 5.92 Å².